The van der Waals surface area contributed by atoms with Gasteiger partial charge in [0.05, 0.1) is 0 Å². The van der Waals surface area contributed by atoms with Gasteiger partial charge in [-0.1, -0.05) is 76.3 Å². The van der Waals surface area contributed by atoms with Crippen molar-refractivity contribution in [3.63, 3.8) is 0 Å². The fraction of sp³-hybridized carbons (Fsp3) is 0.727. The molecule has 0 bridgehead atoms. The predicted octanol–water partition coefficient (Wildman–Crippen LogP) is 4.75. The molecule has 0 spiro atoms. The number of hydrogen-bond donors (Lipinski definition) is 2. The second-order valence-electron chi connectivity index (χ2n) is 8.68. The summed E-state index contributed by atoms with van der Waals surface area (Å²) in [4.78, 5) is 0. The summed E-state index contributed by atoms with van der Waals surface area (Å²) in [6, 6.07) is 1.37. The van der Waals surface area contributed by atoms with Gasteiger partial charge in [-0.25, -0.2) is 0 Å². The van der Waals surface area contributed by atoms with Crippen molar-refractivity contribution in [1.82, 2.24) is 10.6 Å². The maximum atomic E-state index is 3.99. The molecule has 2 unspecified atom stereocenters. The second kappa shape index (κ2) is 8.49. The van der Waals surface area contributed by atoms with Crippen LogP contribution in [-0.2, 0) is 0 Å². The molecule has 0 aromatic rings. The number of piperidine rings is 1. The highest BCUT2D eigenvalue weighted by Gasteiger charge is 2.26. The highest BCUT2D eigenvalue weighted by atomic mass is 15.0. The van der Waals surface area contributed by atoms with Crippen molar-refractivity contribution in [1.29, 1.82) is 0 Å². The Morgan fingerprint density at radius 2 is 1.71 bits per heavy atom. The van der Waals surface area contributed by atoms with Crippen molar-refractivity contribution in [2.24, 2.45) is 11.3 Å². The Hall–Kier alpha value is -0.860. The molecular weight excluding hydrogens is 292 g/mol. The summed E-state index contributed by atoms with van der Waals surface area (Å²) < 4.78 is 0. The molecule has 1 aliphatic heterocycles. The lowest BCUT2D eigenvalue weighted by molar-refractivity contribution is 0.283. The molecule has 24 heavy (non-hydrogen) atoms. The van der Waals surface area contributed by atoms with Gasteiger partial charge < -0.3 is 10.6 Å². The molecular formula is C22H36N2. The first-order valence-electron chi connectivity index (χ1n) is 10.2. The number of nitrogens with one attached hydrogen (secondary N) is 2. The van der Waals surface area contributed by atoms with Gasteiger partial charge in [0, 0.05) is 30.6 Å². The SMILES string of the molecule is CC1(C)C=CC=C(C2CNCC(NC3CCCCCCC3)C2)C=C1. The zero-order chi connectivity index (χ0) is 16.8. The van der Waals surface area contributed by atoms with Gasteiger partial charge in [-0.15, -0.1) is 0 Å². The summed E-state index contributed by atoms with van der Waals surface area (Å²) in [5.74, 6) is 0.639. The van der Waals surface area contributed by atoms with Gasteiger partial charge >= 0.3 is 0 Å². The third-order valence-corrected chi connectivity index (χ3v) is 5.92. The fourth-order valence-electron chi connectivity index (χ4n) is 4.38. The van der Waals surface area contributed by atoms with Crippen LogP contribution < -0.4 is 10.6 Å². The average molecular weight is 329 g/mol. The van der Waals surface area contributed by atoms with Gasteiger partial charge in [0.25, 0.3) is 0 Å². The smallest absolute Gasteiger partial charge is 0.0201 e. The first kappa shape index (κ1) is 17.9. The first-order chi connectivity index (χ1) is 11.6. The lowest BCUT2D eigenvalue weighted by Gasteiger charge is -2.34. The van der Waals surface area contributed by atoms with Gasteiger partial charge in [0.1, 0.15) is 0 Å². The zero-order valence-electron chi connectivity index (χ0n) is 15.7. The molecule has 134 valence electrons. The van der Waals surface area contributed by atoms with Crippen LogP contribution in [0.4, 0.5) is 0 Å². The van der Waals surface area contributed by atoms with E-state index in [1.54, 1.807) is 0 Å². The monoisotopic (exact) mass is 328 g/mol. The molecule has 3 rings (SSSR count). The van der Waals surface area contributed by atoms with E-state index < -0.39 is 0 Å². The normalized spacial score (nSPS) is 31.8. The molecule has 2 atom stereocenters. The average Bonchev–Trinajstić information content (AvgIpc) is 2.71. The van der Waals surface area contributed by atoms with E-state index in [0.717, 1.165) is 19.1 Å². The summed E-state index contributed by atoms with van der Waals surface area (Å²) in [5.41, 5.74) is 1.67. The molecule has 2 nitrogen and oxygen atoms in total. The van der Waals surface area contributed by atoms with Crippen molar-refractivity contribution >= 4 is 0 Å². The van der Waals surface area contributed by atoms with Gasteiger partial charge in [-0.3, -0.25) is 0 Å². The molecule has 0 radical (unpaired) electrons. The molecule has 1 heterocycles. The van der Waals surface area contributed by atoms with Gasteiger partial charge in [0.2, 0.25) is 0 Å². The van der Waals surface area contributed by atoms with Gasteiger partial charge in [-0.2, -0.15) is 0 Å². The van der Waals surface area contributed by atoms with Crippen LogP contribution in [0.2, 0.25) is 0 Å². The van der Waals surface area contributed by atoms with Gasteiger partial charge in [0.15, 0.2) is 0 Å². The molecule has 2 heteroatoms. The lowest BCUT2D eigenvalue weighted by atomic mass is 9.86. The van der Waals surface area contributed by atoms with E-state index in [1.165, 1.54) is 56.9 Å². The Morgan fingerprint density at radius 1 is 0.958 bits per heavy atom. The topological polar surface area (TPSA) is 24.1 Å². The second-order valence-corrected chi connectivity index (χ2v) is 8.68. The quantitative estimate of drug-likeness (QED) is 0.781. The van der Waals surface area contributed by atoms with Crippen LogP contribution in [-0.4, -0.2) is 25.2 Å². The summed E-state index contributed by atoms with van der Waals surface area (Å²) in [6.45, 7) is 6.79. The lowest BCUT2D eigenvalue weighted by Crippen LogP contribution is -2.50. The summed E-state index contributed by atoms with van der Waals surface area (Å²) in [6.07, 6.45) is 22.8. The maximum Gasteiger partial charge on any atom is 0.0201 e. The number of rotatable bonds is 3. The molecule has 0 aromatic carbocycles. The van der Waals surface area contributed by atoms with E-state index in [-0.39, 0.29) is 5.41 Å². The van der Waals surface area contributed by atoms with E-state index in [1.807, 2.05) is 0 Å². The number of hydrogen-bond acceptors (Lipinski definition) is 2. The van der Waals surface area contributed by atoms with Crippen molar-refractivity contribution in [2.45, 2.75) is 77.3 Å². The molecule has 1 saturated heterocycles. The van der Waals surface area contributed by atoms with Gasteiger partial charge in [-0.05, 0) is 30.8 Å². The minimum atomic E-state index is 0.177. The Labute approximate surface area is 148 Å². The van der Waals surface area contributed by atoms with Crippen LogP contribution in [0.1, 0.15) is 65.2 Å². The molecule has 0 amide bonds. The maximum absolute atomic E-state index is 3.99. The summed E-state index contributed by atoms with van der Waals surface area (Å²) >= 11 is 0. The Kier molecular flexibility index (Phi) is 6.35. The first-order valence-corrected chi connectivity index (χ1v) is 10.2. The Morgan fingerprint density at radius 3 is 2.50 bits per heavy atom. The van der Waals surface area contributed by atoms with Crippen LogP contribution in [0, 0.1) is 11.3 Å². The minimum absolute atomic E-state index is 0.177. The minimum Gasteiger partial charge on any atom is -0.315 e. The molecule has 2 fully saturated rings. The van der Waals surface area contributed by atoms with Crippen molar-refractivity contribution in [2.75, 3.05) is 13.1 Å². The molecule has 2 aliphatic carbocycles. The van der Waals surface area contributed by atoms with E-state index >= 15 is 0 Å². The largest absolute Gasteiger partial charge is 0.315 e. The third-order valence-electron chi connectivity index (χ3n) is 5.92. The summed E-state index contributed by atoms with van der Waals surface area (Å²) in [7, 11) is 0. The van der Waals surface area contributed by atoms with Crippen molar-refractivity contribution in [3.8, 4) is 0 Å². The number of allylic oxidation sites excluding steroid dienone is 5. The van der Waals surface area contributed by atoms with Crippen LogP contribution >= 0.6 is 0 Å². The highest BCUT2D eigenvalue weighted by molar-refractivity contribution is 5.33. The predicted molar refractivity (Wildman–Crippen MR) is 104 cm³/mol. The van der Waals surface area contributed by atoms with E-state index in [2.05, 4.69) is 54.9 Å². The van der Waals surface area contributed by atoms with Crippen LogP contribution in [0.3, 0.4) is 0 Å². The van der Waals surface area contributed by atoms with Crippen molar-refractivity contribution in [3.05, 3.63) is 36.0 Å². The molecule has 1 saturated carbocycles. The standard InChI is InChI=1S/C22H36N2/c1-22(2)13-8-9-18(12-14-22)19-15-21(17-23-16-19)24-20-10-6-4-3-5-7-11-20/h8-9,12-14,19-21,23-24H,3-7,10-11,15-17H2,1-2H3. The highest BCUT2D eigenvalue weighted by Crippen LogP contribution is 2.28. The van der Waals surface area contributed by atoms with E-state index in [0.29, 0.717) is 12.0 Å². The zero-order valence-corrected chi connectivity index (χ0v) is 15.7. The third kappa shape index (κ3) is 5.32. The molecule has 2 N–H and O–H groups in total. The Balaban J connectivity index is 1.56. The fourth-order valence-corrected chi connectivity index (χ4v) is 4.38. The molecule has 0 aromatic heterocycles. The van der Waals surface area contributed by atoms with Crippen molar-refractivity contribution < 1.29 is 0 Å². The summed E-state index contributed by atoms with van der Waals surface area (Å²) in [5, 5.41) is 7.67. The Bertz CT molecular complexity index is 478. The van der Waals surface area contributed by atoms with Crippen LogP contribution in [0.25, 0.3) is 0 Å². The van der Waals surface area contributed by atoms with E-state index in [4.69, 9.17) is 0 Å². The van der Waals surface area contributed by atoms with Crippen LogP contribution in [0.5, 0.6) is 0 Å². The van der Waals surface area contributed by atoms with E-state index in [9.17, 15) is 0 Å². The van der Waals surface area contributed by atoms with Crippen LogP contribution in [0.15, 0.2) is 36.0 Å². The molecule has 3 aliphatic rings.